The molecule has 3 atom stereocenters. The Morgan fingerprint density at radius 1 is 1.19 bits per heavy atom. The number of piperazine rings is 1. The predicted molar refractivity (Wildman–Crippen MR) is 69.7 cm³/mol. The third kappa shape index (κ3) is 2.78. The van der Waals surface area contributed by atoms with Crippen LogP contribution in [-0.4, -0.2) is 36.6 Å². The predicted octanol–water partition coefficient (Wildman–Crippen LogP) is 2.64. The van der Waals surface area contributed by atoms with Gasteiger partial charge in [0.1, 0.15) is 0 Å². The summed E-state index contributed by atoms with van der Waals surface area (Å²) < 4.78 is 0. The lowest BCUT2D eigenvalue weighted by molar-refractivity contribution is 0.0679. The summed E-state index contributed by atoms with van der Waals surface area (Å²) in [6.07, 6.45) is 8.57. The summed E-state index contributed by atoms with van der Waals surface area (Å²) in [7, 11) is 0. The first-order valence-electron chi connectivity index (χ1n) is 7.29. The van der Waals surface area contributed by atoms with Gasteiger partial charge >= 0.3 is 0 Å². The van der Waals surface area contributed by atoms with Gasteiger partial charge in [0.2, 0.25) is 0 Å². The molecule has 1 aliphatic carbocycles. The Balaban J connectivity index is 2.01. The van der Waals surface area contributed by atoms with E-state index in [4.69, 9.17) is 0 Å². The zero-order valence-corrected chi connectivity index (χ0v) is 11.0. The maximum absolute atomic E-state index is 3.54. The molecule has 0 aromatic carbocycles. The van der Waals surface area contributed by atoms with Crippen LogP contribution in [0.1, 0.15) is 52.4 Å². The van der Waals surface area contributed by atoms with Gasteiger partial charge < -0.3 is 5.32 Å². The molecule has 1 saturated carbocycles. The molecule has 94 valence electrons. The Kier molecular flexibility index (Phi) is 4.66. The van der Waals surface area contributed by atoms with Gasteiger partial charge in [-0.25, -0.2) is 0 Å². The monoisotopic (exact) mass is 224 g/mol. The summed E-state index contributed by atoms with van der Waals surface area (Å²) in [4.78, 5) is 2.83. The lowest BCUT2D eigenvalue weighted by Gasteiger charge is -2.43. The molecule has 1 heterocycles. The number of hydrogen-bond donors (Lipinski definition) is 1. The number of hydrogen-bond acceptors (Lipinski definition) is 2. The van der Waals surface area contributed by atoms with Crippen LogP contribution in [0.15, 0.2) is 0 Å². The summed E-state index contributed by atoms with van der Waals surface area (Å²) in [5.41, 5.74) is 0. The summed E-state index contributed by atoms with van der Waals surface area (Å²) >= 11 is 0. The fourth-order valence-corrected chi connectivity index (χ4v) is 3.56. The van der Waals surface area contributed by atoms with Crippen molar-refractivity contribution in [2.24, 2.45) is 5.92 Å². The highest BCUT2D eigenvalue weighted by Crippen LogP contribution is 2.29. The molecule has 0 aromatic rings. The van der Waals surface area contributed by atoms with Crippen molar-refractivity contribution in [3.63, 3.8) is 0 Å². The third-order valence-electron chi connectivity index (χ3n) is 4.61. The second-order valence-electron chi connectivity index (χ2n) is 5.69. The molecule has 2 fully saturated rings. The molecule has 2 aliphatic rings. The number of nitrogens with zero attached hydrogens (tertiary/aromatic N) is 1. The Bertz CT molecular complexity index is 205. The molecule has 0 radical (unpaired) electrons. The lowest BCUT2D eigenvalue weighted by atomic mass is 9.93. The van der Waals surface area contributed by atoms with Crippen molar-refractivity contribution in [2.45, 2.75) is 64.5 Å². The van der Waals surface area contributed by atoms with Crippen LogP contribution in [0.25, 0.3) is 0 Å². The highest BCUT2D eigenvalue weighted by atomic mass is 15.2. The quantitative estimate of drug-likeness (QED) is 0.725. The van der Waals surface area contributed by atoms with E-state index >= 15 is 0 Å². The largest absolute Gasteiger partial charge is 0.314 e. The van der Waals surface area contributed by atoms with E-state index in [-0.39, 0.29) is 0 Å². The van der Waals surface area contributed by atoms with Crippen LogP contribution >= 0.6 is 0 Å². The summed E-state index contributed by atoms with van der Waals surface area (Å²) in [5, 5.41) is 3.54. The van der Waals surface area contributed by atoms with Crippen LogP contribution in [0.4, 0.5) is 0 Å². The number of nitrogens with one attached hydrogen (secondary N) is 1. The van der Waals surface area contributed by atoms with Crippen molar-refractivity contribution in [1.29, 1.82) is 0 Å². The second kappa shape index (κ2) is 6.02. The summed E-state index contributed by atoms with van der Waals surface area (Å²) in [6.45, 7) is 8.49. The minimum Gasteiger partial charge on any atom is -0.314 e. The van der Waals surface area contributed by atoms with Gasteiger partial charge in [0, 0.05) is 31.7 Å². The standard InChI is InChI=1S/C14H28N2/c1-3-13-11-15-9-10-16(13)14-8-6-4-5-7-12(14)2/h12-15H,3-11H2,1-2H3. The molecular weight excluding hydrogens is 196 g/mol. The van der Waals surface area contributed by atoms with E-state index < -0.39 is 0 Å². The lowest BCUT2D eigenvalue weighted by Crippen LogP contribution is -2.56. The molecule has 2 rings (SSSR count). The number of rotatable bonds is 2. The fourth-order valence-electron chi connectivity index (χ4n) is 3.56. The molecule has 0 amide bonds. The van der Waals surface area contributed by atoms with E-state index in [1.807, 2.05) is 0 Å². The van der Waals surface area contributed by atoms with E-state index in [0.29, 0.717) is 0 Å². The molecule has 2 heteroatoms. The molecule has 16 heavy (non-hydrogen) atoms. The van der Waals surface area contributed by atoms with Crippen molar-refractivity contribution in [2.75, 3.05) is 19.6 Å². The molecular formula is C14H28N2. The van der Waals surface area contributed by atoms with Crippen LogP contribution in [-0.2, 0) is 0 Å². The first-order valence-corrected chi connectivity index (χ1v) is 7.29. The first-order chi connectivity index (χ1) is 7.83. The fraction of sp³-hybridized carbons (Fsp3) is 1.00. The Morgan fingerprint density at radius 2 is 2.00 bits per heavy atom. The minimum atomic E-state index is 0.791. The normalized spacial score (nSPS) is 38.2. The van der Waals surface area contributed by atoms with Crippen LogP contribution in [0.5, 0.6) is 0 Å². The Hall–Kier alpha value is -0.0800. The van der Waals surface area contributed by atoms with Crippen LogP contribution in [0.2, 0.25) is 0 Å². The van der Waals surface area contributed by atoms with Gasteiger partial charge in [-0.3, -0.25) is 4.90 Å². The van der Waals surface area contributed by atoms with Crippen LogP contribution in [0, 0.1) is 5.92 Å². The molecule has 0 aromatic heterocycles. The van der Waals surface area contributed by atoms with Crippen molar-refractivity contribution >= 4 is 0 Å². The molecule has 1 N–H and O–H groups in total. The van der Waals surface area contributed by atoms with Gasteiger partial charge in [-0.1, -0.05) is 33.1 Å². The van der Waals surface area contributed by atoms with Crippen molar-refractivity contribution in [1.82, 2.24) is 10.2 Å². The topological polar surface area (TPSA) is 15.3 Å². The van der Waals surface area contributed by atoms with Crippen molar-refractivity contribution in [3.05, 3.63) is 0 Å². The van der Waals surface area contributed by atoms with Gasteiger partial charge in [-0.15, -0.1) is 0 Å². The minimum absolute atomic E-state index is 0.791. The van der Waals surface area contributed by atoms with Crippen LogP contribution in [0.3, 0.4) is 0 Å². The van der Waals surface area contributed by atoms with Gasteiger partial charge in [-0.05, 0) is 25.2 Å². The smallest absolute Gasteiger partial charge is 0.0221 e. The van der Waals surface area contributed by atoms with Crippen molar-refractivity contribution < 1.29 is 0 Å². The van der Waals surface area contributed by atoms with E-state index in [0.717, 1.165) is 18.0 Å². The van der Waals surface area contributed by atoms with Crippen molar-refractivity contribution in [3.8, 4) is 0 Å². The van der Waals surface area contributed by atoms with Gasteiger partial charge in [0.05, 0.1) is 0 Å². The average molecular weight is 224 g/mol. The summed E-state index contributed by atoms with van der Waals surface area (Å²) in [6, 6.07) is 1.66. The summed E-state index contributed by atoms with van der Waals surface area (Å²) in [5.74, 6) is 0.912. The zero-order chi connectivity index (χ0) is 11.4. The Labute approximate surface area is 101 Å². The highest BCUT2D eigenvalue weighted by molar-refractivity contribution is 4.87. The molecule has 3 unspecified atom stereocenters. The molecule has 2 nitrogen and oxygen atoms in total. The molecule has 1 aliphatic heterocycles. The van der Waals surface area contributed by atoms with E-state index in [9.17, 15) is 0 Å². The Morgan fingerprint density at radius 3 is 2.81 bits per heavy atom. The average Bonchev–Trinajstić information content (AvgIpc) is 2.54. The van der Waals surface area contributed by atoms with E-state index in [1.165, 1.54) is 58.2 Å². The maximum Gasteiger partial charge on any atom is 0.0221 e. The molecule has 1 saturated heterocycles. The zero-order valence-electron chi connectivity index (χ0n) is 11.0. The molecule has 0 spiro atoms. The highest BCUT2D eigenvalue weighted by Gasteiger charge is 2.31. The second-order valence-corrected chi connectivity index (χ2v) is 5.69. The van der Waals surface area contributed by atoms with Crippen LogP contribution < -0.4 is 5.32 Å². The molecule has 0 bridgehead atoms. The SMILES string of the molecule is CCC1CNCCN1C1CCCCCC1C. The van der Waals surface area contributed by atoms with E-state index in [2.05, 4.69) is 24.1 Å². The van der Waals surface area contributed by atoms with Gasteiger partial charge in [0.25, 0.3) is 0 Å². The van der Waals surface area contributed by atoms with E-state index in [1.54, 1.807) is 0 Å². The van der Waals surface area contributed by atoms with Gasteiger partial charge in [-0.2, -0.15) is 0 Å². The third-order valence-corrected chi connectivity index (χ3v) is 4.61. The first kappa shape index (κ1) is 12.4. The van der Waals surface area contributed by atoms with Gasteiger partial charge in [0.15, 0.2) is 0 Å². The maximum atomic E-state index is 3.54.